The van der Waals surface area contributed by atoms with E-state index in [-0.39, 0.29) is 5.54 Å². The molecule has 0 amide bonds. The van der Waals surface area contributed by atoms with Gasteiger partial charge >= 0.3 is 0 Å². The van der Waals surface area contributed by atoms with Gasteiger partial charge in [0.25, 0.3) is 0 Å². The third-order valence-electron chi connectivity index (χ3n) is 1.17. The van der Waals surface area contributed by atoms with Crippen LogP contribution in [0.1, 0.15) is 13.8 Å². The summed E-state index contributed by atoms with van der Waals surface area (Å²) in [5.41, 5.74) is 5.26. The molecule has 0 saturated carbocycles. The smallest absolute Gasteiger partial charge is 0.133 e. The van der Waals surface area contributed by atoms with Crippen LogP contribution in [0.4, 0.5) is 0 Å². The van der Waals surface area contributed by atoms with E-state index < -0.39 is 0 Å². The second-order valence-electron chi connectivity index (χ2n) is 2.64. The molecule has 0 aromatic heterocycles. The van der Waals surface area contributed by atoms with Crippen molar-refractivity contribution in [3.63, 3.8) is 0 Å². The van der Waals surface area contributed by atoms with E-state index in [0.29, 0.717) is 13.1 Å². The van der Waals surface area contributed by atoms with Gasteiger partial charge in [0.15, 0.2) is 0 Å². The summed E-state index contributed by atoms with van der Waals surface area (Å²) in [6.07, 6.45) is 0.831. The van der Waals surface area contributed by atoms with Crippen molar-refractivity contribution in [2.75, 3.05) is 13.1 Å². The molecule has 0 spiro atoms. The van der Waals surface area contributed by atoms with E-state index in [1.54, 1.807) is 0 Å². The van der Waals surface area contributed by atoms with Gasteiger partial charge in [0.2, 0.25) is 0 Å². The number of nitrogens with two attached hydrogens (primary N) is 1. The van der Waals surface area contributed by atoms with E-state index in [0.717, 1.165) is 6.29 Å². The number of carbonyl (C=O) groups is 1. The molecule has 0 aliphatic rings. The Morgan fingerprint density at radius 3 is 2.56 bits per heavy atom. The largest absolute Gasteiger partial charge is 0.329 e. The number of carbonyl (C=O) groups excluding carboxylic acids is 1. The van der Waals surface area contributed by atoms with Crippen LogP contribution in [0.25, 0.3) is 0 Å². The molecule has 0 rings (SSSR count). The van der Waals surface area contributed by atoms with Crippen molar-refractivity contribution in [1.29, 1.82) is 0 Å². The van der Waals surface area contributed by atoms with Gasteiger partial charge in [-0.25, -0.2) is 0 Å². The zero-order valence-corrected chi connectivity index (χ0v) is 5.98. The fraction of sp³-hybridized carbons (Fsp3) is 0.833. The molecule has 0 bridgehead atoms. The quantitative estimate of drug-likeness (QED) is 0.505. The number of nitrogens with one attached hydrogen (secondary N) is 1. The van der Waals surface area contributed by atoms with Gasteiger partial charge in [-0.15, -0.1) is 0 Å². The Morgan fingerprint density at radius 2 is 2.22 bits per heavy atom. The fourth-order valence-electron chi connectivity index (χ4n) is 0.390. The predicted octanol–water partition coefficient (Wildman–Crippen LogP) is -0.488. The Labute approximate surface area is 55.6 Å². The summed E-state index contributed by atoms with van der Waals surface area (Å²) < 4.78 is 0. The molecule has 54 valence electrons. The lowest BCUT2D eigenvalue weighted by Crippen LogP contribution is -2.46. The highest BCUT2D eigenvalue weighted by Crippen LogP contribution is 1.95. The first-order valence-electron chi connectivity index (χ1n) is 3.01. The summed E-state index contributed by atoms with van der Waals surface area (Å²) in [6, 6.07) is 0. The molecule has 3 N–H and O–H groups in total. The minimum atomic E-state index is -0.110. The molecule has 0 atom stereocenters. The molecule has 0 unspecified atom stereocenters. The Bertz CT molecular complexity index is 91.1. The first-order valence-corrected chi connectivity index (χ1v) is 3.01. The maximum atomic E-state index is 9.86. The first kappa shape index (κ1) is 8.59. The third kappa shape index (κ3) is 4.12. The zero-order chi connectivity index (χ0) is 7.33. The molecule has 9 heavy (non-hydrogen) atoms. The minimum absolute atomic E-state index is 0.110. The fourth-order valence-corrected chi connectivity index (χ4v) is 0.390. The maximum Gasteiger partial charge on any atom is 0.133 e. The molecule has 0 saturated heterocycles. The van der Waals surface area contributed by atoms with Gasteiger partial charge < -0.3 is 15.8 Å². The van der Waals surface area contributed by atoms with Crippen LogP contribution in [0.3, 0.4) is 0 Å². The van der Waals surface area contributed by atoms with Crippen LogP contribution in [0.2, 0.25) is 0 Å². The van der Waals surface area contributed by atoms with Crippen molar-refractivity contribution >= 4 is 6.29 Å². The van der Waals surface area contributed by atoms with Gasteiger partial charge in [0.05, 0.1) is 6.54 Å². The van der Waals surface area contributed by atoms with Gasteiger partial charge in [0, 0.05) is 12.1 Å². The SMILES string of the molecule is CC(C)(CN)NCC=O. The third-order valence-corrected chi connectivity index (χ3v) is 1.17. The van der Waals surface area contributed by atoms with E-state index >= 15 is 0 Å². The van der Waals surface area contributed by atoms with E-state index in [1.165, 1.54) is 0 Å². The van der Waals surface area contributed by atoms with E-state index in [2.05, 4.69) is 5.32 Å². The van der Waals surface area contributed by atoms with Crippen molar-refractivity contribution in [1.82, 2.24) is 5.32 Å². The van der Waals surface area contributed by atoms with Crippen molar-refractivity contribution in [3.8, 4) is 0 Å². The van der Waals surface area contributed by atoms with Gasteiger partial charge in [-0.2, -0.15) is 0 Å². The normalized spacial score (nSPS) is 11.4. The molecule has 3 heteroatoms. The van der Waals surface area contributed by atoms with Crippen LogP contribution in [0.5, 0.6) is 0 Å². The molecule has 0 heterocycles. The molecule has 0 aromatic rings. The monoisotopic (exact) mass is 130 g/mol. The number of hydrogen-bond donors (Lipinski definition) is 2. The van der Waals surface area contributed by atoms with Crippen molar-refractivity contribution in [2.24, 2.45) is 5.73 Å². The molecule has 0 aromatic carbocycles. The van der Waals surface area contributed by atoms with E-state index in [1.807, 2.05) is 13.8 Å². The average molecular weight is 130 g/mol. The minimum Gasteiger partial charge on any atom is -0.329 e. The van der Waals surface area contributed by atoms with Crippen LogP contribution >= 0.6 is 0 Å². The van der Waals surface area contributed by atoms with Crippen molar-refractivity contribution < 1.29 is 4.79 Å². The highest BCUT2D eigenvalue weighted by Gasteiger charge is 2.12. The lowest BCUT2D eigenvalue weighted by molar-refractivity contribution is -0.107. The molecule has 0 aliphatic heterocycles. The highest BCUT2D eigenvalue weighted by molar-refractivity contribution is 5.52. The van der Waals surface area contributed by atoms with Gasteiger partial charge in [-0.05, 0) is 13.8 Å². The number of hydrogen-bond acceptors (Lipinski definition) is 3. The highest BCUT2D eigenvalue weighted by atomic mass is 16.1. The van der Waals surface area contributed by atoms with Crippen LogP contribution in [-0.2, 0) is 4.79 Å². The van der Waals surface area contributed by atoms with Crippen LogP contribution in [0.15, 0.2) is 0 Å². The molecule has 3 nitrogen and oxygen atoms in total. The molecule has 0 fully saturated rings. The molecular formula is C6H14N2O. The Kier molecular flexibility index (Phi) is 3.42. The zero-order valence-electron chi connectivity index (χ0n) is 5.98. The lowest BCUT2D eigenvalue weighted by Gasteiger charge is -2.22. The summed E-state index contributed by atoms with van der Waals surface area (Å²) in [7, 11) is 0. The predicted molar refractivity (Wildman–Crippen MR) is 37.2 cm³/mol. The second kappa shape index (κ2) is 3.58. The summed E-state index contributed by atoms with van der Waals surface area (Å²) in [5.74, 6) is 0. The maximum absolute atomic E-state index is 9.86. The summed E-state index contributed by atoms with van der Waals surface area (Å²) in [4.78, 5) is 9.86. The Hall–Kier alpha value is -0.410. The van der Waals surface area contributed by atoms with Gasteiger partial charge in [-0.1, -0.05) is 0 Å². The first-order chi connectivity index (χ1) is 4.12. The standard InChI is InChI=1S/C6H14N2O/c1-6(2,5-7)8-3-4-9/h4,8H,3,5,7H2,1-2H3. The number of rotatable bonds is 4. The van der Waals surface area contributed by atoms with Crippen LogP contribution < -0.4 is 11.1 Å². The van der Waals surface area contributed by atoms with Crippen molar-refractivity contribution in [3.05, 3.63) is 0 Å². The summed E-state index contributed by atoms with van der Waals surface area (Å²) in [5, 5.41) is 2.97. The average Bonchev–Trinajstić information content (AvgIpc) is 1.84. The van der Waals surface area contributed by atoms with E-state index in [9.17, 15) is 4.79 Å². The summed E-state index contributed by atoms with van der Waals surface area (Å²) >= 11 is 0. The lowest BCUT2D eigenvalue weighted by atomic mass is 10.1. The topological polar surface area (TPSA) is 55.1 Å². The van der Waals surface area contributed by atoms with Gasteiger partial charge in [-0.3, -0.25) is 0 Å². The van der Waals surface area contributed by atoms with Crippen LogP contribution in [0, 0.1) is 0 Å². The summed E-state index contributed by atoms with van der Waals surface area (Å²) in [6.45, 7) is 4.83. The molecule has 0 radical (unpaired) electrons. The van der Waals surface area contributed by atoms with E-state index in [4.69, 9.17) is 5.73 Å². The van der Waals surface area contributed by atoms with Crippen LogP contribution in [-0.4, -0.2) is 24.9 Å². The molecular weight excluding hydrogens is 116 g/mol. The second-order valence-corrected chi connectivity index (χ2v) is 2.64. The van der Waals surface area contributed by atoms with Gasteiger partial charge in [0.1, 0.15) is 6.29 Å². The van der Waals surface area contributed by atoms with Crippen molar-refractivity contribution in [2.45, 2.75) is 19.4 Å². The molecule has 0 aliphatic carbocycles. The Morgan fingerprint density at radius 1 is 1.67 bits per heavy atom. The number of aldehydes is 1. The Balaban J connectivity index is 3.44.